The molecule has 0 aliphatic carbocycles. The lowest BCUT2D eigenvalue weighted by molar-refractivity contribution is 0.453. The second kappa shape index (κ2) is 8.17. The Bertz CT molecular complexity index is 912. The van der Waals surface area contributed by atoms with Crippen LogP contribution in [0.4, 0.5) is 11.8 Å². The third-order valence-electron chi connectivity index (χ3n) is 6.12. The molecule has 1 fully saturated rings. The number of aromatic nitrogens is 2. The molecule has 1 aliphatic rings. The topological polar surface area (TPSA) is 41.1 Å². The Morgan fingerprint density at radius 1 is 0.857 bits per heavy atom. The van der Waals surface area contributed by atoms with Crippen LogP contribution in [0.1, 0.15) is 51.5 Å². The summed E-state index contributed by atoms with van der Waals surface area (Å²) < 4.78 is 0. The van der Waals surface area contributed by atoms with Crippen LogP contribution in [-0.2, 0) is 5.54 Å². The van der Waals surface area contributed by atoms with E-state index in [4.69, 9.17) is 9.97 Å². The minimum Gasteiger partial charge on any atom is -0.360 e. The number of hydrogen-bond acceptors (Lipinski definition) is 4. The number of benzene rings is 2. The molecule has 0 amide bonds. The highest BCUT2D eigenvalue weighted by Crippen LogP contribution is 2.35. The average Bonchev–Trinajstić information content (AvgIpc) is 2.78. The zero-order valence-electron chi connectivity index (χ0n) is 17.0. The molecular weight excluding hydrogens is 344 g/mol. The Balaban J connectivity index is 1.80. The SMILES string of the molecule is CCC(CC)(Nc1nc(N2CCCCC2)nc2ccccc12)c1ccccc1. The number of para-hydroxylation sites is 1. The lowest BCUT2D eigenvalue weighted by Gasteiger charge is -2.35. The molecule has 1 aliphatic heterocycles. The third kappa shape index (κ3) is 3.56. The van der Waals surface area contributed by atoms with Crippen LogP contribution in [0.15, 0.2) is 54.6 Å². The van der Waals surface area contributed by atoms with E-state index in [-0.39, 0.29) is 5.54 Å². The molecule has 3 aromatic rings. The van der Waals surface area contributed by atoms with Crippen molar-refractivity contribution in [3.05, 3.63) is 60.2 Å². The molecule has 1 aromatic heterocycles. The van der Waals surface area contributed by atoms with Crippen LogP contribution in [0, 0.1) is 0 Å². The minimum absolute atomic E-state index is 0.141. The van der Waals surface area contributed by atoms with E-state index >= 15 is 0 Å². The highest BCUT2D eigenvalue weighted by molar-refractivity contribution is 5.90. The maximum absolute atomic E-state index is 5.03. The Kier molecular flexibility index (Phi) is 5.47. The molecule has 0 unspecified atom stereocenters. The Labute approximate surface area is 168 Å². The van der Waals surface area contributed by atoms with E-state index in [1.165, 1.54) is 24.8 Å². The van der Waals surface area contributed by atoms with E-state index < -0.39 is 0 Å². The molecule has 4 rings (SSSR count). The Morgan fingerprint density at radius 3 is 2.25 bits per heavy atom. The van der Waals surface area contributed by atoms with Crippen LogP contribution in [0.2, 0.25) is 0 Å². The number of piperidine rings is 1. The summed E-state index contributed by atoms with van der Waals surface area (Å²) in [5, 5.41) is 4.94. The molecule has 2 aromatic carbocycles. The van der Waals surface area contributed by atoms with Gasteiger partial charge in [0.25, 0.3) is 0 Å². The highest BCUT2D eigenvalue weighted by Gasteiger charge is 2.29. The van der Waals surface area contributed by atoms with Crippen molar-refractivity contribution < 1.29 is 0 Å². The molecular formula is C24H30N4. The molecule has 0 saturated carbocycles. The van der Waals surface area contributed by atoms with Gasteiger partial charge in [-0.05, 0) is 49.8 Å². The van der Waals surface area contributed by atoms with Gasteiger partial charge in [0.1, 0.15) is 5.82 Å². The van der Waals surface area contributed by atoms with Crippen LogP contribution >= 0.6 is 0 Å². The number of nitrogens with one attached hydrogen (secondary N) is 1. The molecule has 1 saturated heterocycles. The van der Waals surface area contributed by atoms with Gasteiger partial charge in [0.15, 0.2) is 0 Å². The zero-order valence-corrected chi connectivity index (χ0v) is 17.0. The molecule has 0 spiro atoms. The molecule has 1 N–H and O–H groups in total. The van der Waals surface area contributed by atoms with E-state index in [2.05, 4.69) is 78.7 Å². The van der Waals surface area contributed by atoms with Gasteiger partial charge in [0.2, 0.25) is 5.95 Å². The summed E-state index contributed by atoms with van der Waals surface area (Å²) in [6.07, 6.45) is 5.72. The molecule has 4 nitrogen and oxygen atoms in total. The lowest BCUT2D eigenvalue weighted by Crippen LogP contribution is -2.35. The molecule has 28 heavy (non-hydrogen) atoms. The van der Waals surface area contributed by atoms with Crippen molar-refractivity contribution in [1.82, 2.24) is 9.97 Å². The summed E-state index contributed by atoms with van der Waals surface area (Å²) in [6.45, 7) is 6.59. The van der Waals surface area contributed by atoms with Gasteiger partial charge in [0, 0.05) is 18.5 Å². The van der Waals surface area contributed by atoms with Gasteiger partial charge < -0.3 is 10.2 Å². The summed E-state index contributed by atoms with van der Waals surface area (Å²) in [6, 6.07) is 19.1. The normalized spacial score (nSPS) is 15.0. The van der Waals surface area contributed by atoms with Gasteiger partial charge in [-0.3, -0.25) is 0 Å². The summed E-state index contributed by atoms with van der Waals surface area (Å²) in [5.41, 5.74) is 2.18. The van der Waals surface area contributed by atoms with Crippen LogP contribution < -0.4 is 10.2 Å². The zero-order chi connectivity index (χ0) is 19.4. The largest absolute Gasteiger partial charge is 0.360 e. The highest BCUT2D eigenvalue weighted by atomic mass is 15.3. The van der Waals surface area contributed by atoms with E-state index in [9.17, 15) is 0 Å². The van der Waals surface area contributed by atoms with Crippen molar-refractivity contribution in [3.63, 3.8) is 0 Å². The van der Waals surface area contributed by atoms with Crippen LogP contribution in [0.25, 0.3) is 10.9 Å². The fraction of sp³-hybridized carbons (Fsp3) is 0.417. The van der Waals surface area contributed by atoms with Crippen LogP contribution in [0.5, 0.6) is 0 Å². The predicted octanol–water partition coefficient (Wildman–Crippen LogP) is 5.75. The van der Waals surface area contributed by atoms with Gasteiger partial charge in [-0.2, -0.15) is 4.98 Å². The number of rotatable bonds is 6. The predicted molar refractivity (Wildman–Crippen MR) is 118 cm³/mol. The molecule has 0 bridgehead atoms. The van der Waals surface area contributed by atoms with Crippen LogP contribution in [-0.4, -0.2) is 23.1 Å². The number of fused-ring (bicyclic) bond motifs is 1. The van der Waals surface area contributed by atoms with Gasteiger partial charge in [-0.15, -0.1) is 0 Å². The van der Waals surface area contributed by atoms with Crippen molar-refractivity contribution in [2.24, 2.45) is 0 Å². The number of hydrogen-bond donors (Lipinski definition) is 1. The Morgan fingerprint density at radius 2 is 1.54 bits per heavy atom. The summed E-state index contributed by atoms with van der Waals surface area (Å²) in [5.74, 6) is 1.80. The molecule has 2 heterocycles. The molecule has 0 radical (unpaired) electrons. The van der Waals surface area contributed by atoms with E-state index in [0.29, 0.717) is 0 Å². The Hall–Kier alpha value is -2.62. The lowest BCUT2D eigenvalue weighted by atomic mass is 9.84. The minimum atomic E-state index is -0.141. The summed E-state index contributed by atoms with van der Waals surface area (Å²) in [7, 11) is 0. The summed E-state index contributed by atoms with van der Waals surface area (Å²) >= 11 is 0. The van der Waals surface area contributed by atoms with Crippen molar-refractivity contribution >= 4 is 22.7 Å². The second-order valence-corrected chi connectivity index (χ2v) is 7.72. The molecule has 4 heteroatoms. The van der Waals surface area contributed by atoms with Gasteiger partial charge in [-0.25, -0.2) is 4.98 Å². The van der Waals surface area contributed by atoms with E-state index in [1.54, 1.807) is 0 Å². The number of nitrogens with zero attached hydrogens (tertiary/aromatic N) is 3. The van der Waals surface area contributed by atoms with Gasteiger partial charge >= 0.3 is 0 Å². The number of anilines is 2. The first-order chi connectivity index (χ1) is 13.8. The van der Waals surface area contributed by atoms with E-state index in [0.717, 1.165) is 48.6 Å². The molecule has 146 valence electrons. The van der Waals surface area contributed by atoms with Crippen LogP contribution in [0.3, 0.4) is 0 Å². The smallest absolute Gasteiger partial charge is 0.227 e. The average molecular weight is 375 g/mol. The van der Waals surface area contributed by atoms with Crippen molar-refractivity contribution in [2.75, 3.05) is 23.3 Å². The maximum Gasteiger partial charge on any atom is 0.227 e. The summed E-state index contributed by atoms with van der Waals surface area (Å²) in [4.78, 5) is 12.3. The quantitative estimate of drug-likeness (QED) is 0.597. The van der Waals surface area contributed by atoms with E-state index in [1.807, 2.05) is 0 Å². The molecule has 0 atom stereocenters. The third-order valence-corrected chi connectivity index (χ3v) is 6.12. The fourth-order valence-electron chi connectivity index (χ4n) is 4.29. The van der Waals surface area contributed by atoms with Gasteiger partial charge in [0.05, 0.1) is 11.1 Å². The first-order valence-corrected chi connectivity index (χ1v) is 10.6. The van der Waals surface area contributed by atoms with Crippen molar-refractivity contribution in [3.8, 4) is 0 Å². The fourth-order valence-corrected chi connectivity index (χ4v) is 4.29. The standard InChI is InChI=1S/C24H30N4/c1-3-24(4-2,19-13-7-5-8-14-19)27-22-20-15-9-10-16-21(20)25-23(26-22)28-17-11-6-12-18-28/h5,7-10,13-16H,3-4,6,11-12,17-18H2,1-2H3,(H,25,26,27). The van der Waals surface area contributed by atoms with Crippen molar-refractivity contribution in [2.45, 2.75) is 51.5 Å². The maximum atomic E-state index is 5.03. The van der Waals surface area contributed by atoms with Crippen molar-refractivity contribution in [1.29, 1.82) is 0 Å². The first kappa shape index (κ1) is 18.7. The first-order valence-electron chi connectivity index (χ1n) is 10.6. The second-order valence-electron chi connectivity index (χ2n) is 7.72. The monoisotopic (exact) mass is 374 g/mol. The van der Waals surface area contributed by atoms with Gasteiger partial charge in [-0.1, -0.05) is 56.3 Å².